The van der Waals surface area contributed by atoms with E-state index in [9.17, 15) is 0 Å². The molecule has 1 aliphatic rings. The first-order valence-electron chi connectivity index (χ1n) is 7.18. The largest absolute Gasteiger partial charge is 0.363 e. The van der Waals surface area contributed by atoms with Crippen molar-refractivity contribution in [3.05, 3.63) is 54.6 Å². The van der Waals surface area contributed by atoms with Crippen LogP contribution in [-0.4, -0.2) is 29.1 Å². The molecular formula is C16H20N4. The lowest BCUT2D eigenvalue weighted by atomic mass is 10.0. The van der Waals surface area contributed by atoms with E-state index in [0.717, 1.165) is 25.2 Å². The van der Waals surface area contributed by atoms with Crippen LogP contribution in [0.1, 0.15) is 24.9 Å². The average Bonchev–Trinajstić information content (AvgIpc) is 2.56. The molecule has 0 bridgehead atoms. The van der Waals surface area contributed by atoms with Gasteiger partial charge in [-0.3, -0.25) is 0 Å². The van der Waals surface area contributed by atoms with Crippen LogP contribution in [-0.2, 0) is 0 Å². The Morgan fingerprint density at radius 3 is 2.65 bits per heavy atom. The van der Waals surface area contributed by atoms with E-state index < -0.39 is 0 Å². The Morgan fingerprint density at radius 2 is 1.95 bits per heavy atom. The molecule has 4 heteroatoms. The van der Waals surface area contributed by atoms with Gasteiger partial charge in [-0.25, -0.2) is 9.97 Å². The van der Waals surface area contributed by atoms with Crippen molar-refractivity contribution in [2.24, 2.45) is 0 Å². The van der Waals surface area contributed by atoms with Gasteiger partial charge in [-0.1, -0.05) is 37.3 Å². The number of anilines is 1. The number of nitrogens with one attached hydrogen (secondary N) is 1. The van der Waals surface area contributed by atoms with Gasteiger partial charge in [0.15, 0.2) is 0 Å². The first-order chi connectivity index (χ1) is 9.88. The molecule has 0 saturated carbocycles. The highest BCUT2D eigenvalue weighted by Crippen LogP contribution is 2.25. The molecule has 0 amide bonds. The van der Waals surface area contributed by atoms with E-state index in [1.54, 1.807) is 6.33 Å². The van der Waals surface area contributed by atoms with Crippen molar-refractivity contribution in [2.45, 2.75) is 25.4 Å². The van der Waals surface area contributed by atoms with Gasteiger partial charge in [0.25, 0.3) is 0 Å². The van der Waals surface area contributed by atoms with Gasteiger partial charge in [0.2, 0.25) is 0 Å². The summed E-state index contributed by atoms with van der Waals surface area (Å²) >= 11 is 0. The van der Waals surface area contributed by atoms with Crippen molar-refractivity contribution in [1.82, 2.24) is 15.3 Å². The third-order valence-corrected chi connectivity index (χ3v) is 3.97. The maximum atomic E-state index is 4.15. The van der Waals surface area contributed by atoms with Crippen LogP contribution in [0.25, 0.3) is 0 Å². The maximum Gasteiger partial charge on any atom is 0.115 e. The lowest BCUT2D eigenvalue weighted by molar-refractivity contribution is 0.392. The van der Waals surface area contributed by atoms with Crippen molar-refractivity contribution in [3.8, 4) is 0 Å². The van der Waals surface area contributed by atoms with Crippen molar-refractivity contribution in [1.29, 1.82) is 0 Å². The number of rotatable bonds is 3. The van der Waals surface area contributed by atoms with Crippen LogP contribution >= 0.6 is 0 Å². The smallest absolute Gasteiger partial charge is 0.115 e. The highest BCUT2D eigenvalue weighted by atomic mass is 15.2. The molecule has 1 saturated heterocycles. The molecule has 20 heavy (non-hydrogen) atoms. The van der Waals surface area contributed by atoms with Crippen LogP contribution in [0, 0.1) is 0 Å². The molecule has 0 radical (unpaired) electrons. The molecule has 2 aromatic rings. The fraction of sp³-hybridized carbons (Fsp3) is 0.375. The number of nitrogens with zero attached hydrogens (tertiary/aromatic N) is 3. The van der Waals surface area contributed by atoms with Crippen LogP contribution in [0.2, 0.25) is 0 Å². The van der Waals surface area contributed by atoms with Crippen molar-refractivity contribution in [2.75, 3.05) is 18.0 Å². The Morgan fingerprint density at radius 1 is 1.20 bits per heavy atom. The summed E-state index contributed by atoms with van der Waals surface area (Å²) < 4.78 is 0. The van der Waals surface area contributed by atoms with Gasteiger partial charge in [-0.05, 0) is 12.0 Å². The van der Waals surface area contributed by atoms with E-state index in [2.05, 4.69) is 57.4 Å². The van der Waals surface area contributed by atoms with Crippen molar-refractivity contribution >= 4 is 5.69 Å². The van der Waals surface area contributed by atoms with Crippen LogP contribution in [0.3, 0.4) is 0 Å². The zero-order valence-electron chi connectivity index (χ0n) is 11.7. The summed E-state index contributed by atoms with van der Waals surface area (Å²) in [5.41, 5.74) is 2.45. The summed E-state index contributed by atoms with van der Waals surface area (Å²) in [7, 11) is 0. The topological polar surface area (TPSA) is 41.0 Å². The van der Waals surface area contributed by atoms with Gasteiger partial charge in [-0.15, -0.1) is 0 Å². The minimum atomic E-state index is 0.360. The second-order valence-corrected chi connectivity index (χ2v) is 5.18. The predicted molar refractivity (Wildman–Crippen MR) is 80.6 cm³/mol. The standard InChI is InChI=1S/C16H20N4/c1-2-14-10-19-16(13-6-4-3-5-7-13)11-20(14)15-8-17-12-18-9-15/h3-9,12,14,16,19H,2,10-11H2,1H3. The molecule has 1 aliphatic heterocycles. The molecule has 1 N–H and O–H groups in total. The summed E-state index contributed by atoms with van der Waals surface area (Å²) in [6.07, 6.45) is 6.51. The molecule has 1 aromatic heterocycles. The Labute approximate surface area is 119 Å². The van der Waals surface area contributed by atoms with E-state index in [0.29, 0.717) is 12.1 Å². The van der Waals surface area contributed by atoms with E-state index >= 15 is 0 Å². The monoisotopic (exact) mass is 268 g/mol. The minimum Gasteiger partial charge on any atom is -0.363 e. The van der Waals surface area contributed by atoms with Crippen LogP contribution in [0.4, 0.5) is 5.69 Å². The molecular weight excluding hydrogens is 248 g/mol. The molecule has 1 aromatic carbocycles. The van der Waals surface area contributed by atoms with Gasteiger partial charge >= 0.3 is 0 Å². The Bertz CT molecular complexity index is 529. The summed E-state index contributed by atoms with van der Waals surface area (Å²) in [5, 5.41) is 3.65. The van der Waals surface area contributed by atoms with Gasteiger partial charge in [-0.2, -0.15) is 0 Å². The summed E-state index contributed by atoms with van der Waals surface area (Å²) in [5.74, 6) is 0. The first kappa shape index (κ1) is 13.1. The molecule has 1 fully saturated rings. The zero-order valence-corrected chi connectivity index (χ0v) is 11.7. The highest BCUT2D eigenvalue weighted by molar-refractivity contribution is 5.44. The third-order valence-electron chi connectivity index (χ3n) is 3.97. The van der Waals surface area contributed by atoms with Gasteiger partial charge in [0.1, 0.15) is 6.33 Å². The van der Waals surface area contributed by atoms with Crippen LogP contribution in [0.5, 0.6) is 0 Å². The average molecular weight is 268 g/mol. The summed E-state index contributed by atoms with van der Waals surface area (Å²) in [4.78, 5) is 10.7. The molecule has 3 rings (SSSR count). The second kappa shape index (κ2) is 6.01. The normalized spacial score (nSPS) is 22.8. The molecule has 0 spiro atoms. The Balaban J connectivity index is 1.83. The Hall–Kier alpha value is -1.94. The van der Waals surface area contributed by atoms with Crippen LogP contribution < -0.4 is 10.2 Å². The quantitative estimate of drug-likeness (QED) is 0.928. The number of hydrogen-bond acceptors (Lipinski definition) is 4. The lowest BCUT2D eigenvalue weighted by Crippen LogP contribution is -2.52. The van der Waals surface area contributed by atoms with Crippen molar-refractivity contribution in [3.63, 3.8) is 0 Å². The minimum absolute atomic E-state index is 0.360. The molecule has 4 nitrogen and oxygen atoms in total. The zero-order chi connectivity index (χ0) is 13.8. The first-order valence-corrected chi connectivity index (χ1v) is 7.18. The van der Waals surface area contributed by atoms with E-state index in [4.69, 9.17) is 0 Å². The number of benzene rings is 1. The lowest BCUT2D eigenvalue weighted by Gasteiger charge is -2.41. The summed E-state index contributed by atoms with van der Waals surface area (Å²) in [6.45, 7) is 4.17. The fourth-order valence-corrected chi connectivity index (χ4v) is 2.83. The van der Waals surface area contributed by atoms with E-state index in [1.165, 1.54) is 5.56 Å². The second-order valence-electron chi connectivity index (χ2n) is 5.18. The Kier molecular flexibility index (Phi) is 3.92. The molecule has 2 atom stereocenters. The number of hydrogen-bond donors (Lipinski definition) is 1. The number of aromatic nitrogens is 2. The third kappa shape index (κ3) is 2.65. The highest BCUT2D eigenvalue weighted by Gasteiger charge is 2.27. The predicted octanol–water partition coefficient (Wildman–Crippen LogP) is 2.41. The van der Waals surface area contributed by atoms with Gasteiger partial charge in [0, 0.05) is 25.2 Å². The van der Waals surface area contributed by atoms with Gasteiger partial charge < -0.3 is 10.2 Å². The molecule has 0 aliphatic carbocycles. The fourth-order valence-electron chi connectivity index (χ4n) is 2.83. The van der Waals surface area contributed by atoms with E-state index in [-0.39, 0.29) is 0 Å². The summed E-state index contributed by atoms with van der Waals surface area (Å²) in [6, 6.07) is 11.5. The molecule has 104 valence electrons. The number of piperazine rings is 1. The van der Waals surface area contributed by atoms with Gasteiger partial charge in [0.05, 0.1) is 18.1 Å². The SMILES string of the molecule is CCC1CNC(c2ccccc2)CN1c1cncnc1. The molecule has 2 unspecified atom stereocenters. The van der Waals surface area contributed by atoms with E-state index in [1.807, 2.05) is 12.4 Å². The molecule has 2 heterocycles. The maximum absolute atomic E-state index is 4.15. The van der Waals surface area contributed by atoms with Crippen LogP contribution in [0.15, 0.2) is 49.1 Å². The van der Waals surface area contributed by atoms with Crippen molar-refractivity contribution < 1.29 is 0 Å².